The largest absolute Gasteiger partial charge is 0.481 e. The van der Waals surface area contributed by atoms with Crippen molar-refractivity contribution in [1.82, 2.24) is 10.3 Å². The summed E-state index contributed by atoms with van der Waals surface area (Å²) in [6.45, 7) is 5.02. The lowest BCUT2D eigenvalue weighted by atomic mass is 10.00. The quantitative estimate of drug-likeness (QED) is 0.821. The van der Waals surface area contributed by atoms with Gasteiger partial charge < -0.3 is 10.4 Å². The number of carboxylic acid groups (broad SMARTS) is 1. The van der Waals surface area contributed by atoms with Crippen molar-refractivity contribution >= 4 is 23.5 Å². The Kier molecular flexibility index (Phi) is 4.29. The predicted octanol–water partition coefficient (Wildman–Crippen LogP) is 2.03. The molecule has 0 saturated carbocycles. The summed E-state index contributed by atoms with van der Waals surface area (Å²) in [7, 11) is 0. The highest BCUT2D eigenvalue weighted by atomic mass is 35.5. The lowest BCUT2D eigenvalue weighted by molar-refractivity contribution is -0.138. The van der Waals surface area contributed by atoms with Crippen molar-refractivity contribution in [3.63, 3.8) is 0 Å². The third-order valence-corrected chi connectivity index (χ3v) is 2.42. The summed E-state index contributed by atoms with van der Waals surface area (Å²) in [4.78, 5) is 26.6. The molecule has 0 unspecified atom stereocenters. The topological polar surface area (TPSA) is 79.3 Å². The molecular formula is C12H15ClN2O3. The van der Waals surface area contributed by atoms with Gasteiger partial charge in [0.2, 0.25) is 0 Å². The second kappa shape index (κ2) is 5.35. The standard InChI is InChI=1S/C12H15ClN2O3/c1-7-4-8(5-9(13)14-7)11(18)15-12(2,3)6-10(16)17/h4-5H,6H2,1-3H3,(H,15,18)(H,16,17). The van der Waals surface area contributed by atoms with E-state index < -0.39 is 11.5 Å². The van der Waals surface area contributed by atoms with Crippen LogP contribution in [-0.4, -0.2) is 27.5 Å². The molecule has 98 valence electrons. The highest BCUT2D eigenvalue weighted by Gasteiger charge is 2.24. The molecule has 1 aromatic heterocycles. The van der Waals surface area contributed by atoms with Crippen molar-refractivity contribution in [1.29, 1.82) is 0 Å². The molecule has 18 heavy (non-hydrogen) atoms. The van der Waals surface area contributed by atoms with Crippen LogP contribution in [0.5, 0.6) is 0 Å². The van der Waals surface area contributed by atoms with Gasteiger partial charge in [0.1, 0.15) is 5.15 Å². The van der Waals surface area contributed by atoms with Crippen LogP contribution in [0.15, 0.2) is 12.1 Å². The van der Waals surface area contributed by atoms with Gasteiger partial charge in [-0.2, -0.15) is 0 Å². The number of nitrogens with zero attached hydrogens (tertiary/aromatic N) is 1. The van der Waals surface area contributed by atoms with E-state index in [0.717, 1.165) is 0 Å². The minimum absolute atomic E-state index is 0.156. The van der Waals surface area contributed by atoms with E-state index in [1.165, 1.54) is 6.07 Å². The molecule has 0 radical (unpaired) electrons. The Hall–Kier alpha value is -1.62. The van der Waals surface area contributed by atoms with Gasteiger partial charge in [-0.05, 0) is 32.9 Å². The van der Waals surface area contributed by atoms with E-state index in [4.69, 9.17) is 16.7 Å². The molecule has 1 aromatic rings. The highest BCUT2D eigenvalue weighted by molar-refractivity contribution is 6.29. The number of nitrogens with one attached hydrogen (secondary N) is 1. The fraction of sp³-hybridized carbons (Fsp3) is 0.417. The first-order chi connectivity index (χ1) is 8.19. The molecule has 0 aliphatic carbocycles. The molecule has 0 aliphatic rings. The molecule has 0 atom stereocenters. The Morgan fingerprint density at radius 3 is 2.56 bits per heavy atom. The van der Waals surface area contributed by atoms with Crippen LogP contribution in [0, 0.1) is 6.92 Å². The van der Waals surface area contributed by atoms with Crippen LogP contribution in [0.1, 0.15) is 36.3 Å². The molecular weight excluding hydrogens is 256 g/mol. The number of aliphatic carboxylic acids is 1. The number of aromatic nitrogens is 1. The Morgan fingerprint density at radius 1 is 1.44 bits per heavy atom. The molecule has 5 nitrogen and oxygen atoms in total. The number of carbonyl (C=O) groups is 2. The van der Waals surface area contributed by atoms with E-state index in [1.54, 1.807) is 26.8 Å². The van der Waals surface area contributed by atoms with Crippen molar-refractivity contribution in [3.05, 3.63) is 28.5 Å². The molecule has 2 N–H and O–H groups in total. The van der Waals surface area contributed by atoms with E-state index in [-0.39, 0.29) is 17.5 Å². The molecule has 0 aromatic carbocycles. The number of halogens is 1. The molecule has 0 bridgehead atoms. The number of rotatable bonds is 4. The normalized spacial score (nSPS) is 11.1. The number of pyridine rings is 1. The van der Waals surface area contributed by atoms with Crippen LogP contribution >= 0.6 is 11.6 Å². The fourth-order valence-electron chi connectivity index (χ4n) is 1.56. The smallest absolute Gasteiger partial charge is 0.305 e. The van der Waals surface area contributed by atoms with Gasteiger partial charge >= 0.3 is 5.97 Å². The van der Waals surface area contributed by atoms with Crippen molar-refractivity contribution in [2.24, 2.45) is 0 Å². The van der Waals surface area contributed by atoms with Crippen LogP contribution in [0.4, 0.5) is 0 Å². The number of hydrogen-bond acceptors (Lipinski definition) is 3. The van der Waals surface area contributed by atoms with Crippen molar-refractivity contribution in [2.75, 3.05) is 0 Å². The van der Waals surface area contributed by atoms with E-state index >= 15 is 0 Å². The Bertz CT molecular complexity index is 466. The zero-order valence-electron chi connectivity index (χ0n) is 10.5. The van der Waals surface area contributed by atoms with Gasteiger partial charge in [0.05, 0.1) is 6.42 Å². The van der Waals surface area contributed by atoms with Gasteiger partial charge in [0, 0.05) is 16.8 Å². The molecule has 1 amide bonds. The summed E-state index contributed by atoms with van der Waals surface area (Å²) in [6.07, 6.45) is -0.156. The van der Waals surface area contributed by atoms with Crippen LogP contribution in [0.3, 0.4) is 0 Å². The van der Waals surface area contributed by atoms with Gasteiger partial charge in [0.15, 0.2) is 0 Å². The number of aryl methyl sites for hydroxylation is 1. The number of hydrogen-bond donors (Lipinski definition) is 2. The van der Waals surface area contributed by atoms with E-state index in [1.807, 2.05) is 0 Å². The van der Waals surface area contributed by atoms with E-state index in [9.17, 15) is 9.59 Å². The van der Waals surface area contributed by atoms with Gasteiger partial charge in [-0.15, -0.1) is 0 Å². The molecule has 0 spiro atoms. The molecule has 1 rings (SSSR count). The third-order valence-electron chi connectivity index (χ3n) is 2.23. The molecule has 0 saturated heterocycles. The summed E-state index contributed by atoms with van der Waals surface area (Å²) in [6, 6.07) is 3.04. The molecule has 0 fully saturated rings. The molecule has 0 aliphatic heterocycles. The minimum atomic E-state index is -0.968. The average Bonchev–Trinajstić information content (AvgIpc) is 2.12. The fourth-order valence-corrected chi connectivity index (χ4v) is 1.81. The first-order valence-corrected chi connectivity index (χ1v) is 5.76. The summed E-state index contributed by atoms with van der Waals surface area (Å²) < 4.78 is 0. The van der Waals surface area contributed by atoms with Gasteiger partial charge in [-0.3, -0.25) is 9.59 Å². The Labute approximate surface area is 110 Å². The lowest BCUT2D eigenvalue weighted by Gasteiger charge is -2.24. The van der Waals surface area contributed by atoms with Gasteiger partial charge in [0.25, 0.3) is 5.91 Å². The number of carbonyl (C=O) groups excluding carboxylic acids is 1. The zero-order chi connectivity index (χ0) is 13.9. The van der Waals surface area contributed by atoms with Gasteiger partial charge in [-0.25, -0.2) is 4.98 Å². The second-order valence-corrected chi connectivity index (χ2v) is 5.12. The first-order valence-electron chi connectivity index (χ1n) is 5.38. The summed E-state index contributed by atoms with van der Waals surface area (Å²) in [5, 5.41) is 11.6. The summed E-state index contributed by atoms with van der Waals surface area (Å²) in [5.41, 5.74) is 0.168. The second-order valence-electron chi connectivity index (χ2n) is 4.73. The maximum Gasteiger partial charge on any atom is 0.305 e. The molecule has 6 heteroatoms. The van der Waals surface area contributed by atoms with Crippen molar-refractivity contribution in [3.8, 4) is 0 Å². The first kappa shape index (κ1) is 14.4. The average molecular weight is 271 g/mol. The predicted molar refractivity (Wildman–Crippen MR) is 67.8 cm³/mol. The third kappa shape index (κ3) is 4.33. The highest BCUT2D eigenvalue weighted by Crippen LogP contribution is 2.13. The minimum Gasteiger partial charge on any atom is -0.481 e. The maximum atomic E-state index is 12.0. The number of amides is 1. The SMILES string of the molecule is Cc1cc(C(=O)NC(C)(C)CC(=O)O)cc(Cl)n1. The van der Waals surface area contributed by atoms with Crippen molar-refractivity contribution in [2.45, 2.75) is 32.7 Å². The van der Waals surface area contributed by atoms with Crippen LogP contribution in [0.25, 0.3) is 0 Å². The maximum absolute atomic E-state index is 12.0. The summed E-state index contributed by atoms with van der Waals surface area (Å²) in [5.74, 6) is -1.34. The summed E-state index contributed by atoms with van der Waals surface area (Å²) >= 11 is 5.76. The monoisotopic (exact) mass is 270 g/mol. The Morgan fingerprint density at radius 2 is 2.06 bits per heavy atom. The van der Waals surface area contributed by atoms with Crippen LogP contribution in [-0.2, 0) is 4.79 Å². The van der Waals surface area contributed by atoms with Crippen molar-refractivity contribution < 1.29 is 14.7 Å². The van der Waals surface area contributed by atoms with Crippen LogP contribution in [0.2, 0.25) is 5.15 Å². The van der Waals surface area contributed by atoms with E-state index in [2.05, 4.69) is 10.3 Å². The lowest BCUT2D eigenvalue weighted by Crippen LogP contribution is -2.45. The van der Waals surface area contributed by atoms with Gasteiger partial charge in [-0.1, -0.05) is 11.6 Å². The molecule has 1 heterocycles. The Balaban J connectivity index is 2.85. The zero-order valence-corrected chi connectivity index (χ0v) is 11.2. The van der Waals surface area contributed by atoms with E-state index in [0.29, 0.717) is 11.3 Å². The number of carboxylic acids is 1. The van der Waals surface area contributed by atoms with Crippen LogP contribution < -0.4 is 5.32 Å².